The maximum absolute atomic E-state index is 12.3. The van der Waals surface area contributed by atoms with Crippen LogP contribution in [0.15, 0.2) is 48.5 Å². The van der Waals surface area contributed by atoms with Gasteiger partial charge in [-0.3, -0.25) is 10.1 Å². The predicted molar refractivity (Wildman–Crippen MR) is 113 cm³/mol. The van der Waals surface area contributed by atoms with Crippen molar-refractivity contribution in [2.24, 2.45) is 5.92 Å². The van der Waals surface area contributed by atoms with Gasteiger partial charge in [0.05, 0.1) is 18.8 Å². The average molecular weight is 401 g/mol. The molecule has 0 bridgehead atoms. The third-order valence-corrected chi connectivity index (χ3v) is 3.78. The van der Waals surface area contributed by atoms with E-state index in [-0.39, 0.29) is 17.0 Å². The molecule has 0 unspecified atom stereocenters. The van der Waals surface area contributed by atoms with Crippen LogP contribution in [0.2, 0.25) is 0 Å². The van der Waals surface area contributed by atoms with E-state index in [2.05, 4.69) is 24.5 Å². The van der Waals surface area contributed by atoms with E-state index in [1.807, 2.05) is 0 Å². The van der Waals surface area contributed by atoms with Gasteiger partial charge in [0.25, 0.3) is 5.91 Å². The number of esters is 1. The second-order valence-electron chi connectivity index (χ2n) is 6.44. The summed E-state index contributed by atoms with van der Waals surface area (Å²) in [5.74, 6) is 0.437. The smallest absolute Gasteiger partial charge is 0.338 e. The highest BCUT2D eigenvalue weighted by Gasteiger charge is 2.10. The van der Waals surface area contributed by atoms with Gasteiger partial charge in [-0.2, -0.15) is 0 Å². The van der Waals surface area contributed by atoms with Crippen molar-refractivity contribution >= 4 is 34.9 Å². The first kappa shape index (κ1) is 21.4. The second-order valence-corrected chi connectivity index (χ2v) is 6.84. The largest absolute Gasteiger partial charge is 0.493 e. The van der Waals surface area contributed by atoms with E-state index in [1.165, 1.54) is 0 Å². The molecule has 7 heteroatoms. The van der Waals surface area contributed by atoms with Crippen LogP contribution in [-0.2, 0) is 4.74 Å². The van der Waals surface area contributed by atoms with Crippen molar-refractivity contribution in [3.63, 3.8) is 0 Å². The minimum absolute atomic E-state index is 0.161. The molecule has 2 rings (SSSR count). The monoisotopic (exact) mass is 400 g/mol. The van der Waals surface area contributed by atoms with Crippen LogP contribution in [0, 0.1) is 5.92 Å². The van der Waals surface area contributed by atoms with Gasteiger partial charge in [-0.05, 0) is 73.6 Å². The summed E-state index contributed by atoms with van der Waals surface area (Å²) < 4.78 is 10.5. The molecule has 6 nitrogen and oxygen atoms in total. The molecule has 2 aromatic rings. The first-order chi connectivity index (χ1) is 13.4. The topological polar surface area (TPSA) is 76.7 Å². The van der Waals surface area contributed by atoms with E-state index >= 15 is 0 Å². The Hall–Kier alpha value is -2.93. The molecule has 0 aromatic heterocycles. The molecule has 0 saturated carbocycles. The summed E-state index contributed by atoms with van der Waals surface area (Å²) in [5, 5.41) is 5.69. The van der Waals surface area contributed by atoms with Gasteiger partial charge < -0.3 is 14.8 Å². The molecule has 0 radical (unpaired) electrons. The fourth-order valence-corrected chi connectivity index (χ4v) is 2.42. The molecule has 2 N–H and O–H groups in total. The van der Waals surface area contributed by atoms with Crippen LogP contribution < -0.4 is 15.4 Å². The molecule has 0 aliphatic rings. The highest BCUT2D eigenvalue weighted by Crippen LogP contribution is 2.14. The van der Waals surface area contributed by atoms with Crippen molar-refractivity contribution in [1.29, 1.82) is 0 Å². The molecule has 0 spiro atoms. The SMILES string of the molecule is CCOC(=O)c1ccc(NC(=S)NC(=O)c2ccc(OCC(C)C)cc2)cc1. The van der Waals surface area contributed by atoms with Crippen LogP contribution in [-0.4, -0.2) is 30.2 Å². The Balaban J connectivity index is 1.88. The molecule has 0 fully saturated rings. The Morgan fingerprint density at radius 3 is 2.18 bits per heavy atom. The van der Waals surface area contributed by atoms with Gasteiger partial charge in [-0.1, -0.05) is 13.8 Å². The number of hydrogen-bond donors (Lipinski definition) is 2. The van der Waals surface area contributed by atoms with Gasteiger partial charge in [0.1, 0.15) is 5.75 Å². The molecule has 0 aliphatic heterocycles. The molecule has 0 atom stereocenters. The average Bonchev–Trinajstić information content (AvgIpc) is 2.67. The number of nitrogens with one attached hydrogen (secondary N) is 2. The van der Waals surface area contributed by atoms with Crippen LogP contribution >= 0.6 is 12.2 Å². The zero-order valence-corrected chi connectivity index (χ0v) is 17.0. The zero-order chi connectivity index (χ0) is 20.5. The molecule has 0 saturated heterocycles. The molecule has 0 heterocycles. The first-order valence-corrected chi connectivity index (χ1v) is 9.42. The normalized spacial score (nSPS) is 10.3. The number of carbonyl (C=O) groups is 2. The number of rotatable bonds is 7. The van der Waals surface area contributed by atoms with Crippen molar-refractivity contribution < 1.29 is 19.1 Å². The van der Waals surface area contributed by atoms with E-state index in [9.17, 15) is 9.59 Å². The Kier molecular flexibility index (Phi) is 7.95. The number of benzene rings is 2. The minimum atomic E-state index is -0.384. The lowest BCUT2D eigenvalue weighted by molar-refractivity contribution is 0.0526. The summed E-state index contributed by atoms with van der Waals surface area (Å²) in [6.45, 7) is 6.83. The van der Waals surface area contributed by atoms with Gasteiger partial charge in [-0.15, -0.1) is 0 Å². The molecule has 2 aromatic carbocycles. The molecule has 148 valence electrons. The third-order valence-electron chi connectivity index (χ3n) is 3.58. The highest BCUT2D eigenvalue weighted by molar-refractivity contribution is 7.80. The molecule has 28 heavy (non-hydrogen) atoms. The maximum atomic E-state index is 12.3. The number of hydrogen-bond acceptors (Lipinski definition) is 5. The van der Waals surface area contributed by atoms with Gasteiger partial charge in [-0.25, -0.2) is 4.79 Å². The van der Waals surface area contributed by atoms with Crippen LogP contribution in [0.4, 0.5) is 5.69 Å². The predicted octanol–water partition coefficient (Wildman–Crippen LogP) is 4.02. The van der Waals surface area contributed by atoms with Crippen LogP contribution in [0.5, 0.6) is 5.75 Å². The second kappa shape index (κ2) is 10.4. The number of thiocarbonyl (C=S) groups is 1. The Bertz CT molecular complexity index is 817. The fraction of sp³-hybridized carbons (Fsp3) is 0.286. The van der Waals surface area contributed by atoms with E-state index < -0.39 is 0 Å². The van der Waals surface area contributed by atoms with E-state index in [4.69, 9.17) is 21.7 Å². The van der Waals surface area contributed by atoms with Crippen LogP contribution in [0.25, 0.3) is 0 Å². The van der Waals surface area contributed by atoms with Gasteiger partial charge >= 0.3 is 5.97 Å². The van der Waals surface area contributed by atoms with Crippen molar-refractivity contribution in [2.45, 2.75) is 20.8 Å². The summed E-state index contributed by atoms with van der Waals surface area (Å²) >= 11 is 5.17. The standard InChI is InChI=1S/C21H24N2O4S/c1-4-26-20(25)16-5-9-17(10-6-16)22-21(28)23-19(24)15-7-11-18(12-8-15)27-13-14(2)3/h5-12,14H,4,13H2,1-3H3,(H2,22,23,24,28). The van der Waals surface area contributed by atoms with Gasteiger partial charge in [0.2, 0.25) is 0 Å². The molecular formula is C21H24N2O4S. The Morgan fingerprint density at radius 2 is 1.61 bits per heavy atom. The third kappa shape index (κ3) is 6.66. The summed E-state index contributed by atoms with van der Waals surface area (Å²) in [5.41, 5.74) is 1.57. The van der Waals surface area contributed by atoms with Crippen molar-refractivity contribution in [2.75, 3.05) is 18.5 Å². The lowest BCUT2D eigenvalue weighted by Gasteiger charge is -2.11. The van der Waals surface area contributed by atoms with E-state index in [0.29, 0.717) is 41.7 Å². The van der Waals surface area contributed by atoms with E-state index in [1.54, 1.807) is 55.5 Å². The van der Waals surface area contributed by atoms with Crippen LogP contribution in [0.3, 0.4) is 0 Å². The zero-order valence-electron chi connectivity index (χ0n) is 16.2. The van der Waals surface area contributed by atoms with Crippen LogP contribution in [0.1, 0.15) is 41.5 Å². The summed E-state index contributed by atoms with van der Waals surface area (Å²) in [4.78, 5) is 23.9. The lowest BCUT2D eigenvalue weighted by atomic mass is 10.2. The summed E-state index contributed by atoms with van der Waals surface area (Å²) in [6, 6.07) is 13.5. The van der Waals surface area contributed by atoms with Gasteiger partial charge in [0.15, 0.2) is 5.11 Å². The number of amides is 1. The van der Waals surface area contributed by atoms with E-state index in [0.717, 1.165) is 0 Å². The summed E-state index contributed by atoms with van der Waals surface area (Å²) in [7, 11) is 0. The maximum Gasteiger partial charge on any atom is 0.338 e. The number of carbonyl (C=O) groups excluding carboxylic acids is 2. The van der Waals surface area contributed by atoms with Crippen molar-refractivity contribution in [3.8, 4) is 5.75 Å². The molecular weight excluding hydrogens is 376 g/mol. The van der Waals surface area contributed by atoms with Crippen molar-refractivity contribution in [3.05, 3.63) is 59.7 Å². The van der Waals surface area contributed by atoms with Crippen molar-refractivity contribution in [1.82, 2.24) is 5.32 Å². The molecule has 1 amide bonds. The highest BCUT2D eigenvalue weighted by atomic mass is 32.1. The molecule has 0 aliphatic carbocycles. The quantitative estimate of drug-likeness (QED) is 0.540. The lowest BCUT2D eigenvalue weighted by Crippen LogP contribution is -2.34. The Morgan fingerprint density at radius 1 is 1.00 bits per heavy atom. The minimum Gasteiger partial charge on any atom is -0.493 e. The first-order valence-electron chi connectivity index (χ1n) is 9.01. The van der Waals surface area contributed by atoms with Gasteiger partial charge in [0, 0.05) is 11.3 Å². The summed E-state index contributed by atoms with van der Waals surface area (Å²) in [6.07, 6.45) is 0. The fourth-order valence-electron chi connectivity index (χ4n) is 2.21. The number of anilines is 1. The Labute approximate surface area is 170 Å². The number of ether oxygens (including phenoxy) is 2.